The van der Waals surface area contributed by atoms with E-state index in [4.69, 9.17) is 33.7 Å². The van der Waals surface area contributed by atoms with Gasteiger partial charge in [0.1, 0.15) is 12.4 Å². The quantitative estimate of drug-likeness (QED) is 0.863. The maximum Gasteiger partial charge on any atom is 0.119 e. The van der Waals surface area contributed by atoms with Crippen molar-refractivity contribution in [3.63, 3.8) is 0 Å². The molecule has 0 fully saturated rings. The van der Waals surface area contributed by atoms with E-state index < -0.39 is 0 Å². The second-order valence-corrected chi connectivity index (χ2v) is 6.05. The van der Waals surface area contributed by atoms with Crippen molar-refractivity contribution in [1.29, 1.82) is 0 Å². The summed E-state index contributed by atoms with van der Waals surface area (Å²) < 4.78 is 5.69. The molecule has 0 atom stereocenters. The Morgan fingerprint density at radius 2 is 1.73 bits per heavy atom. The van der Waals surface area contributed by atoms with Crippen LogP contribution in [0.3, 0.4) is 0 Å². The van der Waals surface area contributed by atoms with Gasteiger partial charge in [-0.1, -0.05) is 41.4 Å². The van der Waals surface area contributed by atoms with Crippen LogP contribution in [0.25, 0.3) is 11.1 Å². The van der Waals surface area contributed by atoms with Gasteiger partial charge in [-0.2, -0.15) is 0 Å². The first kappa shape index (κ1) is 17.1. The largest absolute Gasteiger partial charge is 0.492 e. The standard InChI is InChI=1S/C17H20Cl2N2O/c1-21(2)9-10-22-13-5-3-12(4-6-13)14-7-8-16(18)15(11-20)17(14)19/h3-8H,9-11,20H2,1-2H3. The van der Waals surface area contributed by atoms with Gasteiger partial charge >= 0.3 is 0 Å². The number of nitrogens with zero attached hydrogens (tertiary/aromatic N) is 1. The van der Waals surface area contributed by atoms with Gasteiger partial charge in [0, 0.05) is 29.2 Å². The molecule has 2 rings (SSSR count). The number of ether oxygens (including phenoxy) is 1. The second-order valence-electron chi connectivity index (χ2n) is 5.27. The Kier molecular flexibility index (Phi) is 6.09. The maximum atomic E-state index is 6.41. The first-order valence-electron chi connectivity index (χ1n) is 7.08. The summed E-state index contributed by atoms with van der Waals surface area (Å²) in [7, 11) is 4.04. The van der Waals surface area contributed by atoms with E-state index in [1.165, 1.54) is 0 Å². The third-order valence-electron chi connectivity index (χ3n) is 3.36. The molecule has 0 saturated carbocycles. The molecular formula is C17H20Cl2N2O. The predicted octanol–water partition coefficient (Wildman–Crippen LogP) is 4.06. The third kappa shape index (κ3) is 4.14. The third-order valence-corrected chi connectivity index (χ3v) is 4.15. The van der Waals surface area contributed by atoms with Gasteiger partial charge in [-0.15, -0.1) is 0 Å². The highest BCUT2D eigenvalue weighted by Gasteiger charge is 2.11. The van der Waals surface area contributed by atoms with E-state index in [9.17, 15) is 0 Å². The van der Waals surface area contributed by atoms with Crippen molar-refractivity contribution in [3.8, 4) is 16.9 Å². The minimum atomic E-state index is 0.317. The van der Waals surface area contributed by atoms with Gasteiger partial charge in [0.15, 0.2) is 0 Å². The first-order valence-corrected chi connectivity index (χ1v) is 7.83. The molecule has 0 amide bonds. The average Bonchev–Trinajstić information content (AvgIpc) is 2.48. The van der Waals surface area contributed by atoms with E-state index in [0.717, 1.165) is 29.0 Å². The van der Waals surface area contributed by atoms with Crippen LogP contribution in [0.4, 0.5) is 0 Å². The van der Waals surface area contributed by atoms with Crippen molar-refractivity contribution in [3.05, 3.63) is 52.0 Å². The fourth-order valence-corrected chi connectivity index (χ4v) is 2.72. The number of nitrogens with two attached hydrogens (primary N) is 1. The van der Waals surface area contributed by atoms with Crippen LogP contribution in [-0.4, -0.2) is 32.1 Å². The summed E-state index contributed by atoms with van der Waals surface area (Å²) in [6.07, 6.45) is 0. The molecule has 3 nitrogen and oxygen atoms in total. The summed E-state index contributed by atoms with van der Waals surface area (Å²) in [5.74, 6) is 0.842. The summed E-state index contributed by atoms with van der Waals surface area (Å²) in [6, 6.07) is 11.6. The van der Waals surface area contributed by atoms with Crippen molar-refractivity contribution < 1.29 is 4.74 Å². The van der Waals surface area contributed by atoms with Crippen LogP contribution in [0.2, 0.25) is 10.0 Å². The van der Waals surface area contributed by atoms with E-state index in [1.54, 1.807) is 0 Å². The molecule has 22 heavy (non-hydrogen) atoms. The zero-order valence-electron chi connectivity index (χ0n) is 12.8. The Labute approximate surface area is 141 Å². The van der Waals surface area contributed by atoms with Crippen LogP contribution in [-0.2, 0) is 6.54 Å². The van der Waals surface area contributed by atoms with Gasteiger partial charge in [0.25, 0.3) is 0 Å². The molecule has 5 heteroatoms. The van der Waals surface area contributed by atoms with Crippen LogP contribution < -0.4 is 10.5 Å². The number of halogens is 2. The van der Waals surface area contributed by atoms with Crippen LogP contribution in [0, 0.1) is 0 Å². The Morgan fingerprint density at radius 1 is 1.05 bits per heavy atom. The van der Waals surface area contributed by atoms with Crippen molar-refractivity contribution in [2.45, 2.75) is 6.54 Å². The molecule has 2 aromatic carbocycles. The van der Waals surface area contributed by atoms with Gasteiger partial charge < -0.3 is 15.4 Å². The summed E-state index contributed by atoms with van der Waals surface area (Å²) in [5, 5.41) is 1.20. The Bertz CT molecular complexity index is 627. The van der Waals surface area contributed by atoms with Gasteiger partial charge in [0.05, 0.1) is 5.02 Å². The van der Waals surface area contributed by atoms with Crippen molar-refractivity contribution in [2.75, 3.05) is 27.2 Å². The molecular weight excluding hydrogens is 319 g/mol. The van der Waals surface area contributed by atoms with Crippen molar-refractivity contribution in [1.82, 2.24) is 4.90 Å². The number of hydrogen-bond donors (Lipinski definition) is 1. The fourth-order valence-electron chi connectivity index (χ4n) is 2.08. The second kappa shape index (κ2) is 7.84. The van der Waals surface area contributed by atoms with Crippen LogP contribution >= 0.6 is 23.2 Å². The minimum Gasteiger partial charge on any atom is -0.492 e. The molecule has 0 spiro atoms. The van der Waals surface area contributed by atoms with E-state index in [-0.39, 0.29) is 0 Å². The number of likely N-dealkylation sites (N-methyl/N-ethyl adjacent to an activating group) is 1. The Hall–Kier alpha value is -1.26. The molecule has 0 aromatic heterocycles. The lowest BCUT2D eigenvalue weighted by molar-refractivity contribution is 0.261. The lowest BCUT2D eigenvalue weighted by Crippen LogP contribution is -2.19. The highest BCUT2D eigenvalue weighted by Crippen LogP contribution is 2.35. The summed E-state index contributed by atoms with van der Waals surface area (Å²) in [4.78, 5) is 2.08. The molecule has 0 heterocycles. The van der Waals surface area contributed by atoms with Crippen LogP contribution in [0.1, 0.15) is 5.56 Å². The molecule has 0 aliphatic rings. The molecule has 0 aliphatic heterocycles. The van der Waals surface area contributed by atoms with Crippen LogP contribution in [0.5, 0.6) is 5.75 Å². The Morgan fingerprint density at radius 3 is 2.32 bits per heavy atom. The zero-order chi connectivity index (χ0) is 16.1. The van der Waals surface area contributed by atoms with E-state index >= 15 is 0 Å². The lowest BCUT2D eigenvalue weighted by atomic mass is 10.0. The zero-order valence-corrected chi connectivity index (χ0v) is 14.3. The van der Waals surface area contributed by atoms with Crippen molar-refractivity contribution >= 4 is 23.2 Å². The first-order chi connectivity index (χ1) is 10.5. The van der Waals surface area contributed by atoms with Gasteiger partial charge in [-0.25, -0.2) is 0 Å². The highest BCUT2D eigenvalue weighted by atomic mass is 35.5. The van der Waals surface area contributed by atoms with E-state index in [0.29, 0.717) is 23.2 Å². The van der Waals surface area contributed by atoms with E-state index in [1.807, 2.05) is 50.5 Å². The molecule has 0 saturated heterocycles. The number of rotatable bonds is 6. The topological polar surface area (TPSA) is 38.5 Å². The predicted molar refractivity (Wildman–Crippen MR) is 93.8 cm³/mol. The van der Waals surface area contributed by atoms with Gasteiger partial charge in [0.2, 0.25) is 0 Å². The highest BCUT2D eigenvalue weighted by molar-refractivity contribution is 6.37. The normalized spacial score (nSPS) is 11.0. The Balaban J connectivity index is 2.17. The molecule has 0 unspecified atom stereocenters. The lowest BCUT2D eigenvalue weighted by Gasteiger charge is -2.13. The average molecular weight is 339 g/mol. The summed E-state index contributed by atoms with van der Waals surface area (Å²) in [6.45, 7) is 1.85. The molecule has 2 N–H and O–H groups in total. The van der Waals surface area contributed by atoms with E-state index in [2.05, 4.69) is 4.90 Å². The maximum absolute atomic E-state index is 6.41. The monoisotopic (exact) mass is 338 g/mol. The summed E-state index contributed by atoms with van der Waals surface area (Å²) in [5.41, 5.74) is 8.41. The molecule has 0 bridgehead atoms. The fraction of sp³-hybridized carbons (Fsp3) is 0.294. The number of benzene rings is 2. The molecule has 118 valence electrons. The van der Waals surface area contributed by atoms with Gasteiger partial charge in [-0.3, -0.25) is 0 Å². The molecule has 2 aromatic rings. The van der Waals surface area contributed by atoms with Crippen molar-refractivity contribution in [2.24, 2.45) is 5.73 Å². The SMILES string of the molecule is CN(C)CCOc1ccc(-c2ccc(Cl)c(CN)c2Cl)cc1. The summed E-state index contributed by atoms with van der Waals surface area (Å²) >= 11 is 12.5. The smallest absolute Gasteiger partial charge is 0.119 e. The number of hydrogen-bond acceptors (Lipinski definition) is 3. The van der Waals surface area contributed by atoms with Gasteiger partial charge in [-0.05, 0) is 37.9 Å². The molecule has 0 aliphatic carbocycles. The van der Waals surface area contributed by atoms with Crippen LogP contribution in [0.15, 0.2) is 36.4 Å². The molecule has 0 radical (unpaired) electrons. The minimum absolute atomic E-state index is 0.317.